The fourth-order valence-electron chi connectivity index (χ4n) is 5.75. The number of ether oxygens (including phenoxy) is 2. The summed E-state index contributed by atoms with van der Waals surface area (Å²) >= 11 is 0. The number of morpholine rings is 1. The molecule has 3 fully saturated rings. The van der Waals surface area contributed by atoms with Gasteiger partial charge in [-0.05, 0) is 44.8 Å². The van der Waals surface area contributed by atoms with Crippen LogP contribution in [0.25, 0.3) is 5.65 Å². The Hall–Kier alpha value is -3.20. The fraction of sp³-hybridized carbons (Fsp3) is 0.630. The third-order valence-corrected chi connectivity index (χ3v) is 8.13. The Bertz CT molecular complexity index is 1310. The van der Waals surface area contributed by atoms with Gasteiger partial charge in [-0.25, -0.2) is 18.3 Å². The van der Waals surface area contributed by atoms with Gasteiger partial charge in [-0.1, -0.05) is 0 Å². The van der Waals surface area contributed by atoms with E-state index in [0.29, 0.717) is 50.5 Å². The number of hydrogen-bond acceptors (Lipinski definition) is 9. The van der Waals surface area contributed by atoms with Gasteiger partial charge in [0.25, 0.3) is 12.3 Å². The van der Waals surface area contributed by atoms with Gasteiger partial charge in [0.05, 0.1) is 43.9 Å². The topological polar surface area (TPSA) is 114 Å². The number of anilines is 2. The highest BCUT2D eigenvalue weighted by molar-refractivity contribution is 6.08. The van der Waals surface area contributed by atoms with Crippen LogP contribution in [0.15, 0.2) is 24.7 Å². The summed E-state index contributed by atoms with van der Waals surface area (Å²) in [6.07, 6.45) is 5.85. The van der Waals surface area contributed by atoms with Crippen molar-refractivity contribution in [3.05, 3.63) is 35.9 Å². The first-order valence-corrected chi connectivity index (χ1v) is 14.5. The molecule has 0 radical (unpaired) electrons. The number of nitrogens with one attached hydrogen (secondary N) is 2. The number of halogens is 2. The van der Waals surface area contributed by atoms with Crippen molar-refractivity contribution in [2.24, 2.45) is 0 Å². The molecule has 222 valence electrons. The van der Waals surface area contributed by atoms with Gasteiger partial charge in [-0.3, -0.25) is 9.48 Å². The second kappa shape index (κ2) is 12.8. The second-order valence-corrected chi connectivity index (χ2v) is 10.8. The smallest absolute Gasteiger partial charge is 0.284 e. The van der Waals surface area contributed by atoms with E-state index in [1.165, 1.54) is 16.9 Å². The van der Waals surface area contributed by atoms with Crippen LogP contribution < -0.4 is 15.5 Å². The van der Waals surface area contributed by atoms with Crippen molar-refractivity contribution in [3.63, 3.8) is 0 Å². The van der Waals surface area contributed by atoms with Crippen molar-refractivity contribution in [2.45, 2.75) is 44.3 Å². The van der Waals surface area contributed by atoms with Crippen molar-refractivity contribution in [1.29, 1.82) is 0 Å². The zero-order chi connectivity index (χ0) is 28.2. The molecule has 3 aromatic rings. The molecule has 0 spiro atoms. The molecule has 0 aromatic carbocycles. The van der Waals surface area contributed by atoms with Gasteiger partial charge >= 0.3 is 0 Å². The molecule has 0 aliphatic carbocycles. The Labute approximate surface area is 237 Å². The molecule has 0 atom stereocenters. The summed E-state index contributed by atoms with van der Waals surface area (Å²) in [4.78, 5) is 22.3. The number of likely N-dealkylation sites (tertiary alicyclic amines) is 1. The molecule has 3 aromatic heterocycles. The fourth-order valence-corrected chi connectivity index (χ4v) is 5.75. The van der Waals surface area contributed by atoms with Gasteiger partial charge in [0.2, 0.25) is 0 Å². The minimum Gasteiger partial charge on any atom is -0.378 e. The van der Waals surface area contributed by atoms with Crippen LogP contribution in [-0.2, 0) is 9.47 Å². The SMILES string of the molecule is O=C(Nc1cn(C2CCN(CCOC3CCNCC3)CC2)nc1C(F)F)c1cnn2ccc(N3CCOCC3)nc12. The van der Waals surface area contributed by atoms with Crippen LogP contribution in [0.4, 0.5) is 20.3 Å². The summed E-state index contributed by atoms with van der Waals surface area (Å²) < 4.78 is 42.5. The molecular formula is C27H37F2N9O3. The first-order valence-electron chi connectivity index (χ1n) is 14.5. The third-order valence-electron chi connectivity index (χ3n) is 8.13. The van der Waals surface area contributed by atoms with Crippen LogP contribution in [0, 0.1) is 0 Å². The van der Waals surface area contributed by atoms with E-state index in [-0.39, 0.29) is 17.3 Å². The van der Waals surface area contributed by atoms with Gasteiger partial charge in [0.15, 0.2) is 11.3 Å². The predicted molar refractivity (Wildman–Crippen MR) is 148 cm³/mol. The Balaban J connectivity index is 1.09. The molecule has 3 saturated heterocycles. The number of hydrogen-bond donors (Lipinski definition) is 2. The van der Waals surface area contributed by atoms with Gasteiger partial charge in [0.1, 0.15) is 11.4 Å². The van der Waals surface area contributed by atoms with Crippen LogP contribution in [0.3, 0.4) is 0 Å². The van der Waals surface area contributed by atoms with Crippen molar-refractivity contribution < 1.29 is 23.0 Å². The largest absolute Gasteiger partial charge is 0.378 e. The maximum absolute atomic E-state index is 14.0. The predicted octanol–water partition coefficient (Wildman–Crippen LogP) is 2.36. The lowest BCUT2D eigenvalue weighted by Gasteiger charge is -2.32. The van der Waals surface area contributed by atoms with Crippen LogP contribution in [0.5, 0.6) is 0 Å². The average Bonchev–Trinajstić information content (AvgIpc) is 3.63. The Morgan fingerprint density at radius 1 is 1.15 bits per heavy atom. The second-order valence-electron chi connectivity index (χ2n) is 10.8. The first-order chi connectivity index (χ1) is 20.0. The quantitative estimate of drug-likeness (QED) is 0.398. The minimum atomic E-state index is -2.83. The standard InChI is InChI=1S/C27H37F2N9O3/c28-25(29)24-22(18-38(34-24)19-3-8-35(9-4-19)11-16-41-20-1-6-30-7-2-20)32-27(39)21-17-31-37-10-5-23(33-26(21)37)36-12-14-40-15-13-36/h5,10,17-20,25,30H,1-4,6-9,11-16H2,(H,32,39). The molecule has 0 unspecified atom stereocenters. The zero-order valence-corrected chi connectivity index (χ0v) is 23.1. The van der Waals surface area contributed by atoms with E-state index in [9.17, 15) is 13.6 Å². The van der Waals surface area contributed by atoms with Gasteiger partial charge in [-0.15, -0.1) is 0 Å². The summed E-state index contributed by atoms with van der Waals surface area (Å²) in [6, 6.07) is 1.81. The highest BCUT2D eigenvalue weighted by Gasteiger charge is 2.27. The van der Waals surface area contributed by atoms with Crippen LogP contribution in [0.2, 0.25) is 0 Å². The Morgan fingerprint density at radius 2 is 1.93 bits per heavy atom. The summed E-state index contributed by atoms with van der Waals surface area (Å²) in [7, 11) is 0. The average molecular weight is 574 g/mol. The van der Waals surface area contributed by atoms with E-state index >= 15 is 0 Å². The molecular weight excluding hydrogens is 536 g/mol. The maximum atomic E-state index is 14.0. The summed E-state index contributed by atoms with van der Waals surface area (Å²) in [5.74, 6) is 0.150. The summed E-state index contributed by atoms with van der Waals surface area (Å²) in [6.45, 7) is 7.86. The van der Waals surface area contributed by atoms with E-state index in [2.05, 4.69) is 35.6 Å². The maximum Gasteiger partial charge on any atom is 0.284 e. The Kier molecular flexibility index (Phi) is 8.70. The first kappa shape index (κ1) is 27.9. The molecule has 0 saturated carbocycles. The lowest BCUT2D eigenvalue weighted by Crippen LogP contribution is -2.38. The van der Waals surface area contributed by atoms with Gasteiger partial charge in [0, 0.05) is 45.1 Å². The minimum absolute atomic E-state index is 0.00600. The summed E-state index contributed by atoms with van der Waals surface area (Å²) in [5.41, 5.74) is 0.128. The third kappa shape index (κ3) is 6.50. The van der Waals surface area contributed by atoms with E-state index in [1.54, 1.807) is 10.9 Å². The lowest BCUT2D eigenvalue weighted by molar-refractivity contribution is 0.0156. The summed E-state index contributed by atoms with van der Waals surface area (Å²) in [5, 5.41) is 14.4. The van der Waals surface area contributed by atoms with Crippen molar-refractivity contribution in [3.8, 4) is 0 Å². The number of aromatic nitrogens is 5. The number of fused-ring (bicyclic) bond motifs is 1. The number of piperidine rings is 2. The van der Waals surface area contributed by atoms with Crippen molar-refractivity contribution in [2.75, 3.05) is 75.9 Å². The number of rotatable bonds is 9. The molecule has 6 rings (SSSR count). The number of carbonyl (C=O) groups is 1. The van der Waals surface area contributed by atoms with E-state index in [0.717, 1.165) is 58.4 Å². The molecule has 2 N–H and O–H groups in total. The van der Waals surface area contributed by atoms with Crippen LogP contribution >= 0.6 is 0 Å². The van der Waals surface area contributed by atoms with E-state index < -0.39 is 18.0 Å². The van der Waals surface area contributed by atoms with Crippen molar-refractivity contribution >= 4 is 23.1 Å². The van der Waals surface area contributed by atoms with Crippen LogP contribution in [0.1, 0.15) is 54.2 Å². The molecule has 12 nitrogen and oxygen atoms in total. The lowest BCUT2D eigenvalue weighted by atomic mass is 10.1. The molecule has 41 heavy (non-hydrogen) atoms. The molecule has 3 aliphatic rings. The molecule has 14 heteroatoms. The van der Waals surface area contributed by atoms with Gasteiger partial charge < -0.3 is 29.9 Å². The van der Waals surface area contributed by atoms with Crippen molar-refractivity contribution in [1.82, 2.24) is 34.6 Å². The number of nitrogens with zero attached hydrogens (tertiary/aromatic N) is 7. The molecule has 6 heterocycles. The number of amides is 1. The van der Waals surface area contributed by atoms with E-state index in [4.69, 9.17) is 9.47 Å². The zero-order valence-electron chi connectivity index (χ0n) is 23.1. The normalized spacial score (nSPS) is 19.8. The number of alkyl halides is 2. The molecule has 0 bridgehead atoms. The van der Waals surface area contributed by atoms with E-state index in [1.807, 2.05) is 6.07 Å². The van der Waals surface area contributed by atoms with Crippen LogP contribution in [-0.4, -0.2) is 107 Å². The molecule has 1 amide bonds. The highest BCUT2D eigenvalue weighted by Crippen LogP contribution is 2.30. The molecule has 3 aliphatic heterocycles. The highest BCUT2D eigenvalue weighted by atomic mass is 19.3. The number of carbonyl (C=O) groups excluding carboxylic acids is 1. The Morgan fingerprint density at radius 3 is 2.68 bits per heavy atom. The monoisotopic (exact) mass is 573 g/mol. The van der Waals surface area contributed by atoms with Gasteiger partial charge in [-0.2, -0.15) is 10.2 Å².